The van der Waals surface area contributed by atoms with Gasteiger partial charge < -0.3 is 11.1 Å². The van der Waals surface area contributed by atoms with Crippen LogP contribution in [0.2, 0.25) is 0 Å². The number of hydrogen-bond donors (Lipinski definition) is 2. The fourth-order valence-electron chi connectivity index (χ4n) is 0.664. The summed E-state index contributed by atoms with van der Waals surface area (Å²) in [5, 5.41) is 3.11. The summed E-state index contributed by atoms with van der Waals surface area (Å²) >= 11 is 4.64. The van der Waals surface area contributed by atoms with Crippen LogP contribution >= 0.6 is 29.2 Å². The minimum atomic E-state index is 0. The highest BCUT2D eigenvalue weighted by Gasteiger charge is 1.87. The van der Waals surface area contributed by atoms with Crippen LogP contribution in [0.4, 0.5) is 5.69 Å². The lowest BCUT2D eigenvalue weighted by molar-refractivity contribution is 1.61. The van der Waals surface area contributed by atoms with Crippen molar-refractivity contribution in [3.63, 3.8) is 0 Å². The zero-order valence-electron chi connectivity index (χ0n) is 5.78. The fraction of sp³-hybridized carbons (Fsp3) is 0. The first kappa shape index (κ1) is 10.4. The summed E-state index contributed by atoms with van der Waals surface area (Å²) in [6.45, 7) is 0. The van der Waals surface area contributed by atoms with Crippen molar-refractivity contribution in [3.8, 4) is 0 Å². The van der Waals surface area contributed by atoms with E-state index in [2.05, 4.69) is 17.5 Å². The predicted molar refractivity (Wildman–Crippen MR) is 57.2 cm³/mol. The van der Waals surface area contributed by atoms with Gasteiger partial charge in [-0.3, -0.25) is 0 Å². The molecule has 60 valence electrons. The third-order valence-corrected chi connectivity index (χ3v) is 1.14. The second kappa shape index (κ2) is 5.09. The van der Waals surface area contributed by atoms with Crippen molar-refractivity contribution in [2.24, 2.45) is 5.73 Å². The summed E-state index contributed by atoms with van der Waals surface area (Å²) in [5.41, 5.74) is 6.17. The molecule has 0 saturated heterocycles. The molecule has 2 nitrogen and oxygen atoms in total. The first-order valence-corrected chi connectivity index (χ1v) is 3.31. The standard InChI is InChI=1S/C7H8N2S.BrH/c8-7(10)9-6-4-2-1-3-5-6;/h1-5H,(H3,8,9,10);1H. The van der Waals surface area contributed by atoms with Gasteiger partial charge in [0.1, 0.15) is 0 Å². The Balaban J connectivity index is 0.000001000. The van der Waals surface area contributed by atoms with Crippen LogP contribution < -0.4 is 11.1 Å². The van der Waals surface area contributed by atoms with Gasteiger partial charge in [0.05, 0.1) is 0 Å². The van der Waals surface area contributed by atoms with E-state index in [1.807, 2.05) is 30.3 Å². The molecule has 0 amide bonds. The van der Waals surface area contributed by atoms with Crippen molar-refractivity contribution >= 4 is 40.0 Å². The van der Waals surface area contributed by atoms with Crippen LogP contribution in [-0.2, 0) is 0 Å². The van der Waals surface area contributed by atoms with Crippen LogP contribution in [0.3, 0.4) is 0 Å². The van der Waals surface area contributed by atoms with Crippen LogP contribution in [-0.4, -0.2) is 5.11 Å². The number of nitrogens with two attached hydrogens (primary N) is 1. The molecule has 0 radical (unpaired) electrons. The van der Waals surface area contributed by atoms with Crippen molar-refractivity contribution in [1.82, 2.24) is 0 Å². The molecule has 11 heavy (non-hydrogen) atoms. The van der Waals surface area contributed by atoms with Gasteiger partial charge in [-0.2, -0.15) is 0 Å². The molecule has 0 saturated carbocycles. The Labute approximate surface area is 81.6 Å². The minimum Gasteiger partial charge on any atom is -0.376 e. The maximum absolute atomic E-state index is 5.24. The second-order valence-corrected chi connectivity index (χ2v) is 2.30. The van der Waals surface area contributed by atoms with Crippen LogP contribution in [0.15, 0.2) is 30.3 Å². The van der Waals surface area contributed by atoms with Crippen LogP contribution in [0.25, 0.3) is 0 Å². The van der Waals surface area contributed by atoms with Gasteiger partial charge in [-0.05, 0) is 24.4 Å². The smallest absolute Gasteiger partial charge is 0.168 e. The van der Waals surface area contributed by atoms with Gasteiger partial charge in [0.2, 0.25) is 0 Å². The molecule has 0 bridgehead atoms. The number of anilines is 1. The number of benzene rings is 1. The Morgan fingerprint density at radius 2 is 1.82 bits per heavy atom. The monoisotopic (exact) mass is 232 g/mol. The molecule has 0 unspecified atom stereocenters. The van der Waals surface area contributed by atoms with Crippen molar-refractivity contribution < 1.29 is 0 Å². The van der Waals surface area contributed by atoms with E-state index < -0.39 is 0 Å². The molecule has 0 aliphatic heterocycles. The van der Waals surface area contributed by atoms with Gasteiger partial charge in [-0.1, -0.05) is 18.2 Å². The molecule has 1 rings (SSSR count). The molecule has 0 aliphatic carbocycles. The molecule has 0 heterocycles. The van der Waals surface area contributed by atoms with Crippen molar-refractivity contribution in [2.75, 3.05) is 5.32 Å². The first-order valence-electron chi connectivity index (χ1n) is 2.90. The van der Waals surface area contributed by atoms with Gasteiger partial charge in [0.25, 0.3) is 0 Å². The molecular weight excluding hydrogens is 224 g/mol. The Hall–Kier alpha value is -0.610. The molecule has 0 atom stereocenters. The Morgan fingerprint density at radius 3 is 2.27 bits per heavy atom. The van der Waals surface area contributed by atoms with Gasteiger partial charge >= 0.3 is 0 Å². The van der Waals surface area contributed by atoms with E-state index in [-0.39, 0.29) is 17.0 Å². The Bertz CT molecular complexity index is 225. The molecule has 0 aromatic heterocycles. The molecular formula is C7H9BrN2S. The summed E-state index contributed by atoms with van der Waals surface area (Å²) in [7, 11) is 0. The van der Waals surface area contributed by atoms with Crippen molar-refractivity contribution in [1.29, 1.82) is 0 Å². The lowest BCUT2D eigenvalue weighted by Crippen LogP contribution is -2.18. The third-order valence-electron chi connectivity index (χ3n) is 1.04. The van der Waals surface area contributed by atoms with Crippen molar-refractivity contribution in [3.05, 3.63) is 30.3 Å². The fourth-order valence-corrected chi connectivity index (χ4v) is 0.782. The average Bonchev–Trinajstić information content (AvgIpc) is 1.88. The lowest BCUT2D eigenvalue weighted by Gasteiger charge is -2.00. The second-order valence-electron chi connectivity index (χ2n) is 1.86. The highest BCUT2D eigenvalue weighted by Crippen LogP contribution is 2.03. The highest BCUT2D eigenvalue weighted by molar-refractivity contribution is 8.93. The maximum atomic E-state index is 5.24. The molecule has 4 heteroatoms. The van der Waals surface area contributed by atoms with E-state index >= 15 is 0 Å². The van der Waals surface area contributed by atoms with Crippen LogP contribution in [0.1, 0.15) is 0 Å². The SMILES string of the molecule is Br.NC(=S)Nc1ccccc1. The van der Waals surface area contributed by atoms with E-state index in [4.69, 9.17) is 5.73 Å². The number of para-hydroxylation sites is 1. The quantitative estimate of drug-likeness (QED) is 0.728. The number of nitrogens with one attached hydrogen (secondary N) is 1. The summed E-state index contributed by atoms with van der Waals surface area (Å²) < 4.78 is 0. The summed E-state index contributed by atoms with van der Waals surface area (Å²) in [6.07, 6.45) is 0. The van der Waals surface area contributed by atoms with Gasteiger partial charge in [0.15, 0.2) is 5.11 Å². The lowest BCUT2D eigenvalue weighted by atomic mass is 10.3. The van der Waals surface area contributed by atoms with Gasteiger partial charge in [-0.25, -0.2) is 0 Å². The van der Waals surface area contributed by atoms with E-state index in [0.29, 0.717) is 5.11 Å². The highest BCUT2D eigenvalue weighted by atomic mass is 79.9. The molecule has 0 fully saturated rings. The topological polar surface area (TPSA) is 38.0 Å². The van der Waals surface area contributed by atoms with E-state index in [1.165, 1.54) is 0 Å². The summed E-state index contributed by atoms with van der Waals surface area (Å²) in [6, 6.07) is 9.57. The van der Waals surface area contributed by atoms with E-state index in [9.17, 15) is 0 Å². The van der Waals surface area contributed by atoms with Gasteiger partial charge in [0, 0.05) is 5.69 Å². The zero-order valence-corrected chi connectivity index (χ0v) is 8.31. The number of hydrogen-bond acceptors (Lipinski definition) is 1. The molecule has 3 N–H and O–H groups in total. The first-order chi connectivity index (χ1) is 4.79. The minimum absolute atomic E-state index is 0. The molecule has 0 spiro atoms. The van der Waals surface area contributed by atoms with Crippen LogP contribution in [0, 0.1) is 0 Å². The summed E-state index contributed by atoms with van der Waals surface area (Å²) in [4.78, 5) is 0. The Morgan fingerprint density at radius 1 is 1.27 bits per heavy atom. The largest absolute Gasteiger partial charge is 0.376 e. The predicted octanol–water partition coefficient (Wildman–Crippen LogP) is 1.92. The number of halogens is 1. The number of rotatable bonds is 1. The van der Waals surface area contributed by atoms with E-state index in [0.717, 1.165) is 5.69 Å². The summed E-state index contributed by atoms with van der Waals surface area (Å²) in [5.74, 6) is 0. The molecule has 0 aliphatic rings. The van der Waals surface area contributed by atoms with Crippen molar-refractivity contribution in [2.45, 2.75) is 0 Å². The Kier molecular flexibility index (Phi) is 4.81. The van der Waals surface area contributed by atoms with Gasteiger partial charge in [-0.15, -0.1) is 17.0 Å². The molecule has 1 aromatic rings. The number of thiocarbonyl (C=S) groups is 1. The molecule has 1 aromatic carbocycles. The normalized spacial score (nSPS) is 8.00. The average molecular weight is 233 g/mol. The maximum Gasteiger partial charge on any atom is 0.168 e. The van der Waals surface area contributed by atoms with E-state index in [1.54, 1.807) is 0 Å². The van der Waals surface area contributed by atoms with Crippen LogP contribution in [0.5, 0.6) is 0 Å². The zero-order chi connectivity index (χ0) is 7.40. The third kappa shape index (κ3) is 3.95.